The molecule has 0 aromatic heterocycles. The summed E-state index contributed by atoms with van der Waals surface area (Å²) in [6.45, 7) is 1.86. The molecule has 4 heteroatoms. The fourth-order valence-electron chi connectivity index (χ4n) is 1.62. The van der Waals surface area contributed by atoms with E-state index in [1.165, 1.54) is 0 Å². The van der Waals surface area contributed by atoms with Crippen molar-refractivity contribution in [2.75, 3.05) is 0 Å². The number of carbonyl (C=O) groups excluding carboxylic acids is 1. The highest BCUT2D eigenvalue weighted by Crippen LogP contribution is 2.33. The summed E-state index contributed by atoms with van der Waals surface area (Å²) in [4.78, 5) is 11.0. The van der Waals surface area contributed by atoms with Gasteiger partial charge in [-0.25, -0.2) is 0 Å². The number of carbonyl (C=O) groups is 1. The average Bonchev–Trinajstić information content (AvgIpc) is 2.43. The molecule has 3 nitrogen and oxygen atoms in total. The number of hydrogen-bond acceptors (Lipinski definition) is 3. The van der Waals surface area contributed by atoms with Crippen molar-refractivity contribution in [2.45, 2.75) is 6.92 Å². The minimum atomic E-state index is 0.303. The van der Waals surface area contributed by atoms with Crippen LogP contribution < -0.4 is 4.74 Å². The molecule has 0 amide bonds. The summed E-state index contributed by atoms with van der Waals surface area (Å²) >= 11 is 6.04. The first-order valence-electron chi connectivity index (χ1n) is 5.58. The Hall–Kier alpha value is -2.31. The van der Waals surface area contributed by atoms with Gasteiger partial charge in [-0.3, -0.25) is 4.79 Å². The van der Waals surface area contributed by atoms with Crippen LogP contribution in [0.25, 0.3) is 0 Å². The molecule has 0 spiro atoms. The van der Waals surface area contributed by atoms with E-state index in [-0.39, 0.29) is 0 Å². The molecule has 94 valence electrons. The van der Waals surface area contributed by atoms with Crippen LogP contribution in [-0.2, 0) is 0 Å². The lowest BCUT2D eigenvalue weighted by molar-refractivity contribution is 0.112. The van der Waals surface area contributed by atoms with E-state index in [1.807, 2.05) is 13.0 Å². The van der Waals surface area contributed by atoms with E-state index in [2.05, 4.69) is 0 Å². The third-order valence-corrected chi connectivity index (χ3v) is 2.95. The minimum Gasteiger partial charge on any atom is -0.455 e. The Balaban J connectivity index is 2.47. The highest BCUT2D eigenvalue weighted by molar-refractivity contribution is 6.32. The molecule has 0 bridgehead atoms. The molecule has 0 unspecified atom stereocenters. The maximum atomic E-state index is 11.0. The lowest BCUT2D eigenvalue weighted by atomic mass is 10.1. The number of rotatable bonds is 3. The van der Waals surface area contributed by atoms with Gasteiger partial charge in [0.25, 0.3) is 0 Å². The topological polar surface area (TPSA) is 50.1 Å². The molecule has 0 N–H and O–H groups in total. The summed E-state index contributed by atoms with van der Waals surface area (Å²) < 4.78 is 5.69. The SMILES string of the molecule is Cc1ccc(C#N)cc1Oc1c(Cl)cccc1C=O. The molecule has 0 aliphatic carbocycles. The van der Waals surface area contributed by atoms with Crippen LogP contribution in [0.3, 0.4) is 0 Å². The van der Waals surface area contributed by atoms with Gasteiger partial charge in [0.2, 0.25) is 0 Å². The van der Waals surface area contributed by atoms with Gasteiger partial charge in [0.1, 0.15) is 5.75 Å². The van der Waals surface area contributed by atoms with Gasteiger partial charge >= 0.3 is 0 Å². The standard InChI is InChI=1S/C15H10ClNO2/c1-10-5-6-11(8-17)7-14(10)19-15-12(9-18)3-2-4-13(15)16/h2-7,9H,1H3. The molecule has 0 saturated carbocycles. The van der Waals surface area contributed by atoms with Gasteiger partial charge in [0.15, 0.2) is 12.0 Å². The fourth-order valence-corrected chi connectivity index (χ4v) is 1.84. The lowest BCUT2D eigenvalue weighted by Crippen LogP contribution is -1.94. The zero-order valence-corrected chi connectivity index (χ0v) is 10.9. The Labute approximate surface area is 116 Å². The number of benzene rings is 2. The summed E-state index contributed by atoms with van der Waals surface area (Å²) in [5.74, 6) is 0.813. The fraction of sp³-hybridized carbons (Fsp3) is 0.0667. The molecular weight excluding hydrogens is 262 g/mol. The highest BCUT2D eigenvalue weighted by atomic mass is 35.5. The maximum Gasteiger partial charge on any atom is 0.156 e. The zero-order valence-electron chi connectivity index (χ0n) is 10.2. The molecular formula is C15H10ClNO2. The predicted octanol–water partition coefficient (Wildman–Crippen LogP) is 4.12. The second kappa shape index (κ2) is 5.55. The zero-order chi connectivity index (χ0) is 13.8. The van der Waals surface area contributed by atoms with Crippen LogP contribution in [0.1, 0.15) is 21.5 Å². The van der Waals surface area contributed by atoms with E-state index in [0.29, 0.717) is 33.9 Å². The molecule has 0 fully saturated rings. The van der Waals surface area contributed by atoms with Gasteiger partial charge in [-0.15, -0.1) is 0 Å². The number of aryl methyl sites for hydroxylation is 1. The van der Waals surface area contributed by atoms with Crippen LogP contribution in [0.2, 0.25) is 5.02 Å². The van der Waals surface area contributed by atoms with Crippen molar-refractivity contribution < 1.29 is 9.53 Å². The van der Waals surface area contributed by atoms with Crippen LogP contribution in [0.15, 0.2) is 36.4 Å². The summed E-state index contributed by atoms with van der Waals surface area (Å²) in [6.07, 6.45) is 0.685. The first-order chi connectivity index (χ1) is 9.15. The number of hydrogen-bond donors (Lipinski definition) is 0. The average molecular weight is 272 g/mol. The van der Waals surface area contributed by atoms with E-state index in [4.69, 9.17) is 21.6 Å². The van der Waals surface area contributed by atoms with Crippen molar-refractivity contribution in [3.8, 4) is 17.6 Å². The van der Waals surface area contributed by atoms with Crippen molar-refractivity contribution in [1.29, 1.82) is 5.26 Å². The molecule has 0 aliphatic rings. The van der Waals surface area contributed by atoms with E-state index < -0.39 is 0 Å². The van der Waals surface area contributed by atoms with Gasteiger partial charge in [0, 0.05) is 0 Å². The number of para-hydroxylation sites is 1. The normalized spacial score (nSPS) is 9.74. The van der Waals surface area contributed by atoms with Crippen molar-refractivity contribution in [2.24, 2.45) is 0 Å². The van der Waals surface area contributed by atoms with Gasteiger partial charge in [-0.05, 0) is 36.8 Å². The van der Waals surface area contributed by atoms with Crippen LogP contribution in [0.4, 0.5) is 0 Å². The lowest BCUT2D eigenvalue weighted by Gasteiger charge is -2.12. The van der Waals surface area contributed by atoms with Crippen LogP contribution in [0.5, 0.6) is 11.5 Å². The van der Waals surface area contributed by atoms with Crippen LogP contribution in [-0.4, -0.2) is 6.29 Å². The smallest absolute Gasteiger partial charge is 0.156 e. The number of aldehydes is 1. The van der Waals surface area contributed by atoms with E-state index in [0.717, 1.165) is 5.56 Å². The van der Waals surface area contributed by atoms with E-state index in [1.54, 1.807) is 36.4 Å². The molecule has 2 aromatic carbocycles. The predicted molar refractivity (Wildman–Crippen MR) is 72.8 cm³/mol. The molecule has 0 saturated heterocycles. The van der Waals surface area contributed by atoms with Gasteiger partial charge in [-0.1, -0.05) is 23.7 Å². The minimum absolute atomic E-state index is 0.303. The number of nitriles is 1. The third kappa shape index (κ3) is 2.75. The summed E-state index contributed by atoms with van der Waals surface area (Å²) in [7, 11) is 0. The van der Waals surface area contributed by atoms with Crippen molar-refractivity contribution in [3.05, 3.63) is 58.1 Å². The van der Waals surface area contributed by atoms with Gasteiger partial charge in [-0.2, -0.15) is 5.26 Å². The second-order valence-corrected chi connectivity index (χ2v) is 4.38. The van der Waals surface area contributed by atoms with E-state index >= 15 is 0 Å². The molecule has 2 rings (SSSR count). The molecule has 2 aromatic rings. The van der Waals surface area contributed by atoms with Crippen molar-refractivity contribution >= 4 is 17.9 Å². The number of nitrogens with zero attached hydrogens (tertiary/aromatic N) is 1. The molecule has 0 radical (unpaired) electrons. The summed E-state index contributed by atoms with van der Waals surface area (Å²) in [6, 6.07) is 12.1. The van der Waals surface area contributed by atoms with E-state index in [9.17, 15) is 4.79 Å². The first-order valence-corrected chi connectivity index (χ1v) is 5.96. The molecule has 0 heterocycles. The quantitative estimate of drug-likeness (QED) is 0.789. The Morgan fingerprint density at radius 3 is 2.79 bits per heavy atom. The Kier molecular flexibility index (Phi) is 3.84. The number of halogens is 1. The Bertz CT molecular complexity index is 674. The molecule has 19 heavy (non-hydrogen) atoms. The van der Waals surface area contributed by atoms with Crippen LogP contribution >= 0.6 is 11.6 Å². The summed E-state index contributed by atoms with van der Waals surface area (Å²) in [5, 5.41) is 9.24. The summed E-state index contributed by atoms with van der Waals surface area (Å²) in [5.41, 5.74) is 1.71. The maximum absolute atomic E-state index is 11.0. The van der Waals surface area contributed by atoms with Gasteiger partial charge < -0.3 is 4.74 Å². The first kappa shape index (κ1) is 13.1. The monoisotopic (exact) mass is 271 g/mol. The van der Waals surface area contributed by atoms with Crippen LogP contribution in [0, 0.1) is 18.3 Å². The van der Waals surface area contributed by atoms with Gasteiger partial charge in [0.05, 0.1) is 22.2 Å². The van der Waals surface area contributed by atoms with Crippen molar-refractivity contribution in [3.63, 3.8) is 0 Å². The number of ether oxygens (including phenoxy) is 1. The molecule has 0 aliphatic heterocycles. The third-order valence-electron chi connectivity index (χ3n) is 2.65. The highest BCUT2D eigenvalue weighted by Gasteiger charge is 2.11. The Morgan fingerprint density at radius 1 is 1.32 bits per heavy atom. The molecule has 0 atom stereocenters. The largest absolute Gasteiger partial charge is 0.455 e. The second-order valence-electron chi connectivity index (χ2n) is 3.97. The van der Waals surface area contributed by atoms with Crippen molar-refractivity contribution in [1.82, 2.24) is 0 Å². The Morgan fingerprint density at radius 2 is 2.11 bits per heavy atom.